The summed E-state index contributed by atoms with van der Waals surface area (Å²) in [4.78, 5) is 20.6. The first-order valence-corrected chi connectivity index (χ1v) is 11.1. The van der Waals surface area contributed by atoms with Gasteiger partial charge >= 0.3 is 0 Å². The molecule has 0 bridgehead atoms. The molecule has 0 spiro atoms. The van der Waals surface area contributed by atoms with Gasteiger partial charge in [0.15, 0.2) is 5.96 Å². The molecule has 31 heavy (non-hydrogen) atoms. The second kappa shape index (κ2) is 10.8. The number of benzene rings is 2. The molecule has 1 heterocycles. The molecule has 1 aliphatic rings. The summed E-state index contributed by atoms with van der Waals surface area (Å²) in [5, 5.41) is 6.88. The molecule has 6 nitrogen and oxygen atoms in total. The van der Waals surface area contributed by atoms with Crippen molar-refractivity contribution in [1.29, 1.82) is 0 Å². The number of nitrogens with one attached hydrogen (secondary N) is 2. The fourth-order valence-corrected chi connectivity index (χ4v) is 3.89. The number of hydrogen-bond acceptors (Lipinski definition) is 3. The highest BCUT2D eigenvalue weighted by Gasteiger charge is 2.14. The third-order valence-electron chi connectivity index (χ3n) is 5.70. The average molecular weight is 422 g/mol. The predicted octanol–water partition coefficient (Wildman–Crippen LogP) is 3.46. The minimum absolute atomic E-state index is 0.0253. The molecule has 2 aromatic rings. The van der Waals surface area contributed by atoms with Crippen molar-refractivity contribution in [3.8, 4) is 0 Å². The third kappa shape index (κ3) is 6.23. The number of nitrogens with zero attached hydrogens (tertiary/aromatic N) is 3. The number of anilines is 1. The highest BCUT2D eigenvalue weighted by Crippen LogP contribution is 2.23. The van der Waals surface area contributed by atoms with Crippen LogP contribution in [-0.2, 0) is 6.42 Å². The Morgan fingerprint density at radius 2 is 1.87 bits per heavy atom. The van der Waals surface area contributed by atoms with Crippen LogP contribution in [-0.4, -0.2) is 57.5 Å². The van der Waals surface area contributed by atoms with Gasteiger partial charge in [0.1, 0.15) is 0 Å². The van der Waals surface area contributed by atoms with Crippen molar-refractivity contribution >= 4 is 17.6 Å². The second-order valence-corrected chi connectivity index (χ2v) is 8.30. The Bertz CT molecular complexity index is 902. The summed E-state index contributed by atoms with van der Waals surface area (Å²) >= 11 is 0. The van der Waals surface area contributed by atoms with Crippen LogP contribution in [0.15, 0.2) is 53.5 Å². The summed E-state index contributed by atoms with van der Waals surface area (Å²) in [6, 6.07) is 16.7. The van der Waals surface area contributed by atoms with Gasteiger partial charge in [0.05, 0.1) is 6.04 Å². The molecule has 1 saturated heterocycles. The molecule has 1 amide bonds. The normalized spacial score (nSPS) is 15.0. The zero-order valence-corrected chi connectivity index (χ0v) is 19.2. The highest BCUT2D eigenvalue weighted by molar-refractivity contribution is 5.94. The van der Waals surface area contributed by atoms with E-state index in [1.165, 1.54) is 24.1 Å². The Morgan fingerprint density at radius 1 is 1.13 bits per heavy atom. The first-order chi connectivity index (χ1) is 15.0. The Balaban J connectivity index is 1.53. The second-order valence-electron chi connectivity index (χ2n) is 8.30. The number of rotatable bonds is 7. The van der Waals surface area contributed by atoms with Gasteiger partial charge in [0, 0.05) is 52.0 Å². The number of amides is 1. The summed E-state index contributed by atoms with van der Waals surface area (Å²) in [6.07, 6.45) is 3.37. The van der Waals surface area contributed by atoms with Gasteiger partial charge in [-0.2, -0.15) is 0 Å². The van der Waals surface area contributed by atoms with Crippen molar-refractivity contribution in [3.05, 3.63) is 65.2 Å². The molecule has 1 unspecified atom stereocenters. The first kappa shape index (κ1) is 22.7. The van der Waals surface area contributed by atoms with E-state index in [4.69, 9.17) is 0 Å². The monoisotopic (exact) mass is 421 g/mol. The molecule has 0 radical (unpaired) electrons. The fraction of sp³-hybridized carbons (Fsp3) is 0.440. The van der Waals surface area contributed by atoms with E-state index >= 15 is 0 Å². The maximum Gasteiger partial charge on any atom is 0.253 e. The topological polar surface area (TPSA) is 60.0 Å². The van der Waals surface area contributed by atoms with Gasteiger partial charge in [-0.1, -0.05) is 24.3 Å². The lowest BCUT2D eigenvalue weighted by molar-refractivity contribution is 0.0827. The van der Waals surface area contributed by atoms with Crippen molar-refractivity contribution in [2.24, 2.45) is 4.99 Å². The Hall–Kier alpha value is -3.02. The van der Waals surface area contributed by atoms with Crippen LogP contribution in [0.1, 0.15) is 47.3 Å². The van der Waals surface area contributed by atoms with Crippen LogP contribution in [0.2, 0.25) is 0 Å². The molecule has 166 valence electrons. The van der Waals surface area contributed by atoms with Crippen LogP contribution in [0.4, 0.5) is 5.69 Å². The van der Waals surface area contributed by atoms with E-state index in [1.807, 2.05) is 18.2 Å². The molecule has 3 rings (SSSR count). The minimum atomic E-state index is 0.0253. The molecule has 6 heteroatoms. The lowest BCUT2D eigenvalue weighted by atomic mass is 10.1. The lowest BCUT2D eigenvalue weighted by Crippen LogP contribution is -2.39. The summed E-state index contributed by atoms with van der Waals surface area (Å²) in [7, 11) is 5.33. The van der Waals surface area contributed by atoms with E-state index in [0.717, 1.165) is 43.1 Å². The van der Waals surface area contributed by atoms with Gasteiger partial charge in [-0.3, -0.25) is 9.79 Å². The Labute approximate surface area is 186 Å². The molecule has 1 fully saturated rings. The van der Waals surface area contributed by atoms with E-state index in [2.05, 4.69) is 57.8 Å². The molecular formula is C25H35N5O. The zero-order chi connectivity index (χ0) is 22.2. The standard InChI is InChI=1S/C25H35N5O/c1-19(21-10-8-12-23(18-21)30-15-5-6-16-30)28-25(26-2)27-14-13-20-9-7-11-22(17-20)24(31)29(3)4/h7-12,17-19H,5-6,13-16H2,1-4H3,(H2,26,27,28). The molecular weight excluding hydrogens is 386 g/mol. The molecule has 0 aliphatic carbocycles. The van der Waals surface area contributed by atoms with E-state index in [-0.39, 0.29) is 11.9 Å². The Morgan fingerprint density at radius 3 is 2.58 bits per heavy atom. The van der Waals surface area contributed by atoms with Crippen LogP contribution in [0.3, 0.4) is 0 Å². The summed E-state index contributed by atoms with van der Waals surface area (Å²) in [6.45, 7) is 5.19. The van der Waals surface area contributed by atoms with Gasteiger partial charge in [0.2, 0.25) is 0 Å². The number of guanidine groups is 1. The lowest BCUT2D eigenvalue weighted by Gasteiger charge is -2.22. The van der Waals surface area contributed by atoms with Crippen molar-refractivity contribution in [3.63, 3.8) is 0 Å². The number of hydrogen-bond donors (Lipinski definition) is 2. The number of carbonyl (C=O) groups excluding carboxylic acids is 1. The van der Waals surface area contributed by atoms with Crippen LogP contribution >= 0.6 is 0 Å². The molecule has 0 aromatic heterocycles. The quantitative estimate of drug-likeness (QED) is 0.531. The van der Waals surface area contributed by atoms with Gasteiger partial charge in [0.25, 0.3) is 5.91 Å². The smallest absolute Gasteiger partial charge is 0.253 e. The molecule has 1 atom stereocenters. The van der Waals surface area contributed by atoms with E-state index in [0.29, 0.717) is 0 Å². The largest absolute Gasteiger partial charge is 0.372 e. The van der Waals surface area contributed by atoms with Crippen molar-refractivity contribution in [2.75, 3.05) is 45.7 Å². The van der Waals surface area contributed by atoms with Gasteiger partial charge in [-0.05, 0) is 61.6 Å². The van der Waals surface area contributed by atoms with Gasteiger partial charge in [-0.25, -0.2) is 0 Å². The zero-order valence-electron chi connectivity index (χ0n) is 19.2. The van der Waals surface area contributed by atoms with Crippen LogP contribution < -0.4 is 15.5 Å². The van der Waals surface area contributed by atoms with Crippen molar-refractivity contribution in [1.82, 2.24) is 15.5 Å². The summed E-state index contributed by atoms with van der Waals surface area (Å²) < 4.78 is 0. The molecule has 2 aromatic carbocycles. The van der Waals surface area contributed by atoms with Crippen LogP contribution in [0, 0.1) is 0 Å². The predicted molar refractivity (Wildman–Crippen MR) is 129 cm³/mol. The van der Waals surface area contributed by atoms with Gasteiger partial charge < -0.3 is 20.4 Å². The number of aliphatic imine (C=N–C) groups is 1. The van der Waals surface area contributed by atoms with Crippen LogP contribution in [0.25, 0.3) is 0 Å². The van der Waals surface area contributed by atoms with Crippen molar-refractivity contribution < 1.29 is 4.79 Å². The highest BCUT2D eigenvalue weighted by atomic mass is 16.2. The maximum atomic E-state index is 12.2. The van der Waals surface area contributed by atoms with Crippen molar-refractivity contribution in [2.45, 2.75) is 32.2 Å². The van der Waals surface area contributed by atoms with E-state index in [9.17, 15) is 4.79 Å². The average Bonchev–Trinajstić information content (AvgIpc) is 3.33. The maximum absolute atomic E-state index is 12.2. The summed E-state index contributed by atoms with van der Waals surface area (Å²) in [5.74, 6) is 0.803. The van der Waals surface area contributed by atoms with Crippen LogP contribution in [0.5, 0.6) is 0 Å². The Kier molecular flexibility index (Phi) is 7.93. The summed E-state index contributed by atoms with van der Waals surface area (Å²) in [5.41, 5.74) is 4.40. The van der Waals surface area contributed by atoms with Gasteiger partial charge in [-0.15, -0.1) is 0 Å². The fourth-order valence-electron chi connectivity index (χ4n) is 3.89. The number of carbonyl (C=O) groups is 1. The molecule has 0 saturated carbocycles. The minimum Gasteiger partial charge on any atom is -0.372 e. The SMILES string of the molecule is CN=C(NCCc1cccc(C(=O)N(C)C)c1)NC(C)c1cccc(N2CCCC2)c1. The third-order valence-corrected chi connectivity index (χ3v) is 5.70. The first-order valence-electron chi connectivity index (χ1n) is 11.1. The van der Waals surface area contributed by atoms with E-state index in [1.54, 1.807) is 26.0 Å². The molecule has 1 aliphatic heterocycles. The molecule has 2 N–H and O–H groups in total. The van der Waals surface area contributed by atoms with E-state index < -0.39 is 0 Å².